The predicted molar refractivity (Wildman–Crippen MR) is 81.1 cm³/mol. The van der Waals surface area contributed by atoms with Crippen molar-refractivity contribution in [2.24, 2.45) is 0 Å². The van der Waals surface area contributed by atoms with E-state index in [0.29, 0.717) is 12.3 Å². The molecule has 0 radical (unpaired) electrons. The second-order valence-corrected chi connectivity index (χ2v) is 6.44. The minimum absolute atomic E-state index is 0.0893. The number of aliphatic hydroxyl groups is 1. The Labute approximate surface area is 129 Å². The second-order valence-electron chi connectivity index (χ2n) is 6.44. The molecule has 0 spiro atoms. The van der Waals surface area contributed by atoms with Gasteiger partial charge in [-0.3, -0.25) is 4.90 Å². The minimum atomic E-state index is -0.456. The molecule has 2 N–H and O–H groups in total. The molecule has 2 heterocycles. The number of rotatable bonds is 2. The van der Waals surface area contributed by atoms with E-state index < -0.39 is 11.5 Å². The van der Waals surface area contributed by atoms with Crippen LogP contribution in [-0.2, 0) is 16.7 Å². The number of hydrogen-bond acceptors (Lipinski definition) is 5. The number of methoxy groups -OCH3 is 2. The van der Waals surface area contributed by atoms with E-state index in [2.05, 4.69) is 17.1 Å². The lowest BCUT2D eigenvalue weighted by molar-refractivity contribution is 0.0659. The lowest BCUT2D eigenvalue weighted by Crippen LogP contribution is -2.52. The van der Waals surface area contributed by atoms with Crippen LogP contribution in [0.4, 0.5) is 0 Å². The summed E-state index contributed by atoms with van der Waals surface area (Å²) >= 11 is 0. The van der Waals surface area contributed by atoms with E-state index in [1.54, 1.807) is 20.3 Å². The van der Waals surface area contributed by atoms with Gasteiger partial charge in [0.25, 0.3) is 0 Å². The number of benzene rings is 1. The largest absolute Gasteiger partial charge is 0.504 e. The Kier molecular flexibility index (Phi) is 3.01. The van der Waals surface area contributed by atoms with Gasteiger partial charge in [-0.25, -0.2) is 0 Å². The van der Waals surface area contributed by atoms with Gasteiger partial charge in [-0.2, -0.15) is 0 Å². The predicted octanol–water partition coefficient (Wildman–Crippen LogP) is 1.17. The Balaban J connectivity index is 1.92. The number of aromatic hydroxyl groups is 1. The van der Waals surface area contributed by atoms with Gasteiger partial charge < -0.3 is 19.7 Å². The van der Waals surface area contributed by atoms with Crippen LogP contribution in [0.1, 0.15) is 17.5 Å². The van der Waals surface area contributed by atoms with Crippen LogP contribution in [-0.4, -0.2) is 54.1 Å². The van der Waals surface area contributed by atoms with Gasteiger partial charge in [-0.05, 0) is 29.7 Å². The highest BCUT2D eigenvalue weighted by atomic mass is 16.5. The van der Waals surface area contributed by atoms with Crippen molar-refractivity contribution < 1.29 is 19.7 Å². The van der Waals surface area contributed by atoms with Crippen LogP contribution >= 0.6 is 0 Å². The first kappa shape index (κ1) is 14.1. The number of hydrogen-bond donors (Lipinski definition) is 2. The maximum Gasteiger partial charge on any atom is 0.160 e. The summed E-state index contributed by atoms with van der Waals surface area (Å²) in [4.78, 5) is 2.30. The van der Waals surface area contributed by atoms with Gasteiger partial charge >= 0.3 is 0 Å². The van der Waals surface area contributed by atoms with Crippen molar-refractivity contribution in [1.82, 2.24) is 4.90 Å². The first-order chi connectivity index (χ1) is 10.6. The molecule has 1 aromatic carbocycles. The Morgan fingerprint density at radius 2 is 2.14 bits per heavy atom. The number of aliphatic hydroxyl groups excluding tert-OH is 1. The molecule has 2 aliphatic heterocycles. The topological polar surface area (TPSA) is 62.2 Å². The monoisotopic (exact) mass is 303 g/mol. The highest BCUT2D eigenvalue weighted by Crippen LogP contribution is 2.52. The van der Waals surface area contributed by atoms with Gasteiger partial charge in [-0.15, -0.1) is 0 Å². The number of fused-ring (bicyclic) bond motifs is 1. The molecule has 1 unspecified atom stereocenters. The fourth-order valence-corrected chi connectivity index (χ4v) is 4.48. The molecule has 0 aromatic heterocycles. The van der Waals surface area contributed by atoms with Crippen molar-refractivity contribution in [2.45, 2.75) is 36.6 Å². The molecular weight excluding hydrogens is 282 g/mol. The smallest absolute Gasteiger partial charge is 0.160 e. The van der Waals surface area contributed by atoms with Crippen LogP contribution in [0.2, 0.25) is 0 Å². The zero-order chi connectivity index (χ0) is 15.5. The van der Waals surface area contributed by atoms with Gasteiger partial charge in [0.1, 0.15) is 0 Å². The third-order valence-corrected chi connectivity index (χ3v) is 5.54. The normalized spacial score (nSPS) is 38.5. The summed E-state index contributed by atoms with van der Waals surface area (Å²) in [6.45, 7) is 1.38. The maximum atomic E-state index is 10.8. The molecule has 118 valence electrons. The molecule has 1 saturated heterocycles. The lowest BCUT2D eigenvalue weighted by Gasteiger charge is -2.46. The average molecular weight is 303 g/mol. The number of nitrogens with zero attached hydrogens (tertiary/aromatic N) is 1. The van der Waals surface area contributed by atoms with Gasteiger partial charge in [0.15, 0.2) is 11.5 Å². The average Bonchev–Trinajstić information content (AvgIpc) is 2.73. The number of ether oxygens (including phenoxy) is 2. The zero-order valence-electron chi connectivity index (χ0n) is 12.8. The molecule has 0 saturated carbocycles. The van der Waals surface area contributed by atoms with Crippen molar-refractivity contribution >= 4 is 0 Å². The van der Waals surface area contributed by atoms with Crippen LogP contribution in [0, 0.1) is 0 Å². The van der Waals surface area contributed by atoms with E-state index in [9.17, 15) is 10.2 Å². The van der Waals surface area contributed by atoms with Crippen LogP contribution in [0.15, 0.2) is 24.3 Å². The first-order valence-corrected chi connectivity index (χ1v) is 7.64. The molecule has 0 amide bonds. The molecule has 3 aliphatic rings. The van der Waals surface area contributed by atoms with Crippen LogP contribution in [0.3, 0.4) is 0 Å². The summed E-state index contributed by atoms with van der Waals surface area (Å²) in [5.74, 6) is 0.613. The quantitative estimate of drug-likeness (QED) is 0.803. The fourth-order valence-electron chi connectivity index (χ4n) is 4.48. The second kappa shape index (κ2) is 4.72. The van der Waals surface area contributed by atoms with Crippen LogP contribution in [0.25, 0.3) is 0 Å². The Morgan fingerprint density at radius 3 is 2.86 bits per heavy atom. The number of phenolic OH excluding ortho intramolecular Hbond substituents is 1. The molecule has 5 heteroatoms. The Bertz CT molecular complexity index is 644. The van der Waals surface area contributed by atoms with Gasteiger partial charge in [-0.1, -0.05) is 12.2 Å². The summed E-state index contributed by atoms with van der Waals surface area (Å²) in [6, 6.07) is 3.88. The molecule has 2 bridgehead atoms. The van der Waals surface area contributed by atoms with Crippen LogP contribution < -0.4 is 4.74 Å². The van der Waals surface area contributed by atoms with E-state index in [0.717, 1.165) is 24.1 Å². The van der Waals surface area contributed by atoms with Crippen molar-refractivity contribution in [3.8, 4) is 11.5 Å². The zero-order valence-corrected chi connectivity index (χ0v) is 12.8. The third kappa shape index (κ3) is 1.64. The SMILES string of the molecule is COc1cc2c(cc1O)CN1C[C@H](O)[C@@]23C=C[C@@H](OC)C[C@H]13. The molecule has 5 nitrogen and oxygen atoms in total. The fraction of sp³-hybridized carbons (Fsp3) is 0.529. The molecule has 5 atom stereocenters. The first-order valence-electron chi connectivity index (χ1n) is 7.64. The van der Waals surface area contributed by atoms with E-state index in [4.69, 9.17) is 9.47 Å². The molecule has 4 rings (SSSR count). The van der Waals surface area contributed by atoms with E-state index in [-0.39, 0.29) is 17.9 Å². The standard InChI is InChI=1S/C17H21NO4/c1-21-11-3-4-17-12-7-14(22-2)13(19)5-10(12)8-18(9-16(17)20)15(17)6-11/h3-5,7,11,15-16,19-20H,6,8-9H2,1-2H3/t11-,15+,16+,17+/m1/s1. The summed E-state index contributed by atoms with van der Waals surface area (Å²) in [5, 5.41) is 20.8. The van der Waals surface area contributed by atoms with Gasteiger partial charge in [0, 0.05) is 26.2 Å². The van der Waals surface area contributed by atoms with Crippen molar-refractivity contribution in [1.29, 1.82) is 0 Å². The highest BCUT2D eigenvalue weighted by Gasteiger charge is 2.58. The number of phenols is 1. The summed E-state index contributed by atoms with van der Waals surface area (Å²) in [6.07, 6.45) is 4.66. The van der Waals surface area contributed by atoms with Crippen molar-refractivity contribution in [3.05, 3.63) is 35.4 Å². The third-order valence-electron chi connectivity index (χ3n) is 5.54. The molecular formula is C17H21NO4. The summed E-state index contributed by atoms with van der Waals surface area (Å²) in [5.41, 5.74) is 1.70. The molecule has 1 aromatic rings. The lowest BCUT2D eigenvalue weighted by atomic mass is 9.65. The summed E-state index contributed by atoms with van der Waals surface area (Å²) in [7, 11) is 3.27. The van der Waals surface area contributed by atoms with E-state index in [1.807, 2.05) is 6.07 Å². The molecule has 1 fully saturated rings. The minimum Gasteiger partial charge on any atom is -0.504 e. The molecule has 22 heavy (non-hydrogen) atoms. The highest BCUT2D eigenvalue weighted by molar-refractivity contribution is 5.55. The van der Waals surface area contributed by atoms with Crippen LogP contribution in [0.5, 0.6) is 11.5 Å². The maximum absolute atomic E-state index is 10.8. The Morgan fingerprint density at radius 1 is 1.32 bits per heavy atom. The van der Waals surface area contributed by atoms with E-state index >= 15 is 0 Å². The van der Waals surface area contributed by atoms with Gasteiger partial charge in [0.05, 0.1) is 24.7 Å². The summed E-state index contributed by atoms with van der Waals surface area (Å²) < 4.78 is 10.8. The van der Waals surface area contributed by atoms with E-state index in [1.165, 1.54) is 0 Å². The molecule has 1 aliphatic carbocycles. The van der Waals surface area contributed by atoms with Crippen molar-refractivity contribution in [3.63, 3.8) is 0 Å². The van der Waals surface area contributed by atoms with Crippen molar-refractivity contribution in [2.75, 3.05) is 20.8 Å². The van der Waals surface area contributed by atoms with Gasteiger partial charge in [0.2, 0.25) is 0 Å². The Hall–Kier alpha value is -1.56.